The van der Waals surface area contributed by atoms with Crippen LogP contribution in [-0.4, -0.2) is 0 Å². The Morgan fingerprint density at radius 2 is 1.74 bits per heavy atom. The fourth-order valence-corrected chi connectivity index (χ4v) is 2.23. The number of nitrogens with one attached hydrogen (secondary N) is 1. The predicted octanol–water partition coefficient (Wildman–Crippen LogP) is 4.45. The summed E-state index contributed by atoms with van der Waals surface area (Å²) in [5.41, 5.74) is 2.97. The standard InChI is InChI=1S/C16H15F2N/c17-14-7-15(18)9-16(8-14)19-10-11-2-1-3-13(6-11)12-4-5-12/h1-3,6-9,12,19H,4-5,10H2. The number of rotatable bonds is 4. The molecule has 98 valence electrons. The second kappa shape index (κ2) is 5.00. The van der Waals surface area contributed by atoms with Crippen LogP contribution >= 0.6 is 0 Å². The highest BCUT2D eigenvalue weighted by atomic mass is 19.1. The highest BCUT2D eigenvalue weighted by Crippen LogP contribution is 2.40. The van der Waals surface area contributed by atoms with Gasteiger partial charge in [0.15, 0.2) is 0 Å². The molecule has 1 aliphatic carbocycles. The molecule has 0 bridgehead atoms. The van der Waals surface area contributed by atoms with Crippen molar-refractivity contribution in [2.75, 3.05) is 5.32 Å². The van der Waals surface area contributed by atoms with Crippen molar-refractivity contribution in [1.82, 2.24) is 0 Å². The Balaban J connectivity index is 1.69. The molecular formula is C16H15F2N. The monoisotopic (exact) mass is 259 g/mol. The van der Waals surface area contributed by atoms with E-state index >= 15 is 0 Å². The van der Waals surface area contributed by atoms with Crippen molar-refractivity contribution in [3.05, 3.63) is 65.2 Å². The molecule has 0 spiro atoms. The van der Waals surface area contributed by atoms with E-state index in [1.54, 1.807) is 0 Å². The molecule has 0 radical (unpaired) electrons. The lowest BCUT2D eigenvalue weighted by Crippen LogP contribution is -2.00. The average Bonchev–Trinajstić information content (AvgIpc) is 3.20. The number of benzene rings is 2. The van der Waals surface area contributed by atoms with Gasteiger partial charge in [0, 0.05) is 18.3 Å². The molecule has 1 saturated carbocycles. The zero-order valence-corrected chi connectivity index (χ0v) is 10.5. The minimum Gasteiger partial charge on any atom is -0.381 e. The van der Waals surface area contributed by atoms with Crippen LogP contribution in [0.15, 0.2) is 42.5 Å². The van der Waals surface area contributed by atoms with Crippen molar-refractivity contribution in [2.45, 2.75) is 25.3 Å². The van der Waals surface area contributed by atoms with E-state index in [0.717, 1.165) is 11.6 Å². The molecule has 2 aromatic carbocycles. The molecule has 3 heteroatoms. The summed E-state index contributed by atoms with van der Waals surface area (Å²) in [7, 11) is 0. The molecule has 0 amide bonds. The normalized spacial score (nSPS) is 14.4. The third-order valence-corrected chi connectivity index (χ3v) is 3.36. The van der Waals surface area contributed by atoms with E-state index in [1.807, 2.05) is 12.1 Å². The molecule has 1 fully saturated rings. The first-order valence-corrected chi connectivity index (χ1v) is 6.49. The first kappa shape index (κ1) is 12.2. The third-order valence-electron chi connectivity index (χ3n) is 3.36. The van der Waals surface area contributed by atoms with Crippen LogP contribution in [0.4, 0.5) is 14.5 Å². The molecule has 0 aliphatic heterocycles. The summed E-state index contributed by atoms with van der Waals surface area (Å²) in [6.45, 7) is 0.573. The van der Waals surface area contributed by atoms with Crippen molar-refractivity contribution < 1.29 is 8.78 Å². The average molecular weight is 259 g/mol. The topological polar surface area (TPSA) is 12.0 Å². The van der Waals surface area contributed by atoms with Gasteiger partial charge in [-0.3, -0.25) is 0 Å². The number of hydrogen-bond donors (Lipinski definition) is 1. The lowest BCUT2D eigenvalue weighted by Gasteiger charge is -2.08. The summed E-state index contributed by atoms with van der Waals surface area (Å²) < 4.78 is 26.1. The minimum atomic E-state index is -0.561. The molecule has 0 atom stereocenters. The van der Waals surface area contributed by atoms with Gasteiger partial charge in [0.2, 0.25) is 0 Å². The van der Waals surface area contributed by atoms with Crippen LogP contribution in [0.3, 0.4) is 0 Å². The highest BCUT2D eigenvalue weighted by molar-refractivity contribution is 5.44. The van der Waals surface area contributed by atoms with E-state index in [4.69, 9.17) is 0 Å². The van der Waals surface area contributed by atoms with Gasteiger partial charge in [0.1, 0.15) is 11.6 Å². The number of anilines is 1. The predicted molar refractivity (Wildman–Crippen MR) is 72.1 cm³/mol. The minimum absolute atomic E-state index is 0.467. The van der Waals surface area contributed by atoms with Crippen LogP contribution < -0.4 is 5.32 Å². The summed E-state index contributed by atoms with van der Waals surface area (Å²) in [4.78, 5) is 0. The first-order chi connectivity index (χ1) is 9.20. The summed E-state index contributed by atoms with van der Waals surface area (Å²) in [6.07, 6.45) is 2.54. The Kier molecular flexibility index (Phi) is 3.20. The fourth-order valence-electron chi connectivity index (χ4n) is 2.23. The van der Waals surface area contributed by atoms with Crippen LogP contribution in [-0.2, 0) is 6.54 Å². The Morgan fingerprint density at radius 3 is 2.42 bits per heavy atom. The van der Waals surface area contributed by atoms with Gasteiger partial charge in [-0.2, -0.15) is 0 Å². The van der Waals surface area contributed by atoms with E-state index in [9.17, 15) is 8.78 Å². The van der Waals surface area contributed by atoms with Gasteiger partial charge in [-0.1, -0.05) is 24.3 Å². The van der Waals surface area contributed by atoms with Gasteiger partial charge >= 0.3 is 0 Å². The summed E-state index contributed by atoms with van der Waals surface area (Å²) in [6, 6.07) is 11.8. The molecule has 0 saturated heterocycles. The van der Waals surface area contributed by atoms with Crippen LogP contribution in [0, 0.1) is 11.6 Å². The third kappa shape index (κ3) is 3.11. The van der Waals surface area contributed by atoms with Crippen LogP contribution in [0.25, 0.3) is 0 Å². The Bertz CT molecular complexity index is 571. The first-order valence-electron chi connectivity index (χ1n) is 6.49. The van der Waals surface area contributed by atoms with Crippen molar-refractivity contribution in [3.8, 4) is 0 Å². The summed E-state index contributed by atoms with van der Waals surface area (Å²) in [5.74, 6) is -0.407. The molecule has 0 unspecified atom stereocenters. The molecule has 3 rings (SSSR count). The van der Waals surface area contributed by atoms with Crippen LogP contribution in [0.2, 0.25) is 0 Å². The Hall–Kier alpha value is -1.90. The van der Waals surface area contributed by atoms with E-state index < -0.39 is 11.6 Å². The zero-order valence-electron chi connectivity index (χ0n) is 10.5. The fraction of sp³-hybridized carbons (Fsp3) is 0.250. The Labute approximate surface area is 111 Å². The Morgan fingerprint density at radius 1 is 1.00 bits per heavy atom. The van der Waals surface area contributed by atoms with Gasteiger partial charge in [0.05, 0.1) is 0 Å². The zero-order chi connectivity index (χ0) is 13.2. The van der Waals surface area contributed by atoms with E-state index in [0.29, 0.717) is 18.2 Å². The number of halogens is 2. The van der Waals surface area contributed by atoms with E-state index in [1.165, 1.54) is 30.5 Å². The molecule has 1 aliphatic rings. The molecule has 1 N–H and O–H groups in total. The molecule has 2 aromatic rings. The van der Waals surface area contributed by atoms with Gasteiger partial charge in [-0.15, -0.1) is 0 Å². The number of hydrogen-bond acceptors (Lipinski definition) is 1. The SMILES string of the molecule is Fc1cc(F)cc(NCc2cccc(C3CC3)c2)c1. The second-order valence-corrected chi connectivity index (χ2v) is 5.03. The van der Waals surface area contributed by atoms with E-state index in [-0.39, 0.29) is 0 Å². The maximum atomic E-state index is 13.1. The smallest absolute Gasteiger partial charge is 0.128 e. The lowest BCUT2D eigenvalue weighted by atomic mass is 10.1. The molecule has 0 heterocycles. The van der Waals surface area contributed by atoms with Crippen molar-refractivity contribution in [2.24, 2.45) is 0 Å². The summed E-state index contributed by atoms with van der Waals surface area (Å²) in [5, 5.41) is 3.05. The molecular weight excluding hydrogens is 244 g/mol. The van der Waals surface area contributed by atoms with Crippen LogP contribution in [0.5, 0.6) is 0 Å². The van der Waals surface area contributed by atoms with Gasteiger partial charge in [-0.05, 0) is 42.0 Å². The largest absolute Gasteiger partial charge is 0.381 e. The maximum Gasteiger partial charge on any atom is 0.128 e. The maximum absolute atomic E-state index is 13.1. The van der Waals surface area contributed by atoms with Crippen molar-refractivity contribution in [1.29, 1.82) is 0 Å². The second-order valence-electron chi connectivity index (χ2n) is 5.03. The van der Waals surface area contributed by atoms with Crippen molar-refractivity contribution in [3.63, 3.8) is 0 Å². The van der Waals surface area contributed by atoms with Crippen LogP contribution in [0.1, 0.15) is 29.9 Å². The van der Waals surface area contributed by atoms with E-state index in [2.05, 4.69) is 17.4 Å². The van der Waals surface area contributed by atoms with Gasteiger partial charge < -0.3 is 5.32 Å². The van der Waals surface area contributed by atoms with Gasteiger partial charge in [0.25, 0.3) is 0 Å². The van der Waals surface area contributed by atoms with Gasteiger partial charge in [-0.25, -0.2) is 8.78 Å². The summed E-state index contributed by atoms with van der Waals surface area (Å²) >= 11 is 0. The van der Waals surface area contributed by atoms with Crippen molar-refractivity contribution >= 4 is 5.69 Å². The molecule has 0 aromatic heterocycles. The molecule has 1 nitrogen and oxygen atoms in total. The molecule has 19 heavy (non-hydrogen) atoms. The lowest BCUT2D eigenvalue weighted by molar-refractivity contribution is 0.584. The quantitative estimate of drug-likeness (QED) is 0.855. The highest BCUT2D eigenvalue weighted by Gasteiger charge is 2.23.